The topological polar surface area (TPSA) is 59.0 Å². The lowest BCUT2D eigenvalue weighted by Crippen LogP contribution is -2.30. The highest BCUT2D eigenvalue weighted by molar-refractivity contribution is 7.15. The van der Waals surface area contributed by atoms with E-state index < -0.39 is 0 Å². The standard InChI is InChI=1S/C19H20N4OS/c1-14-17(25-19(22-14)16-4-3-8-21-13-16)12-18(24)23(2)11-7-15-5-9-20-10-6-15/h3-6,8-10,13H,7,11-12H2,1-2H3. The molecule has 0 bridgehead atoms. The molecule has 3 rings (SSSR count). The Hall–Kier alpha value is -2.60. The third kappa shape index (κ3) is 4.48. The van der Waals surface area contributed by atoms with Crippen LogP contribution in [0.4, 0.5) is 0 Å². The molecule has 0 saturated carbocycles. The number of thiazole rings is 1. The third-order valence-corrected chi connectivity index (χ3v) is 5.23. The molecule has 3 aromatic rings. The van der Waals surface area contributed by atoms with Crippen LogP contribution in [0.5, 0.6) is 0 Å². The number of nitrogens with zero attached hydrogens (tertiary/aromatic N) is 4. The van der Waals surface area contributed by atoms with Gasteiger partial charge in [-0.2, -0.15) is 0 Å². The van der Waals surface area contributed by atoms with E-state index in [0.29, 0.717) is 13.0 Å². The molecule has 0 fully saturated rings. The summed E-state index contributed by atoms with van der Waals surface area (Å²) in [6.07, 6.45) is 8.30. The van der Waals surface area contributed by atoms with Crippen molar-refractivity contribution in [2.24, 2.45) is 0 Å². The Balaban J connectivity index is 1.61. The molecule has 5 nitrogen and oxygen atoms in total. The minimum Gasteiger partial charge on any atom is -0.345 e. The van der Waals surface area contributed by atoms with Crippen LogP contribution in [0, 0.1) is 6.92 Å². The van der Waals surface area contributed by atoms with E-state index in [1.807, 2.05) is 38.2 Å². The Labute approximate surface area is 151 Å². The Morgan fingerprint density at radius 3 is 2.68 bits per heavy atom. The molecule has 6 heteroatoms. The summed E-state index contributed by atoms with van der Waals surface area (Å²) in [7, 11) is 1.85. The van der Waals surface area contributed by atoms with E-state index in [0.717, 1.165) is 27.6 Å². The van der Waals surface area contributed by atoms with Crippen molar-refractivity contribution in [3.8, 4) is 10.6 Å². The molecular formula is C19H20N4OS. The fourth-order valence-corrected chi connectivity index (χ4v) is 3.49. The highest BCUT2D eigenvalue weighted by Crippen LogP contribution is 2.27. The first kappa shape index (κ1) is 17.2. The van der Waals surface area contributed by atoms with Crippen molar-refractivity contribution >= 4 is 17.2 Å². The molecular weight excluding hydrogens is 332 g/mol. The van der Waals surface area contributed by atoms with Crippen molar-refractivity contribution < 1.29 is 4.79 Å². The fourth-order valence-electron chi connectivity index (χ4n) is 2.45. The van der Waals surface area contributed by atoms with Gasteiger partial charge in [-0.25, -0.2) is 4.98 Å². The second kappa shape index (κ2) is 7.98. The molecule has 0 aliphatic heterocycles. The van der Waals surface area contributed by atoms with Gasteiger partial charge in [-0.1, -0.05) is 0 Å². The minimum absolute atomic E-state index is 0.110. The van der Waals surface area contributed by atoms with Crippen LogP contribution in [0.2, 0.25) is 0 Å². The summed E-state index contributed by atoms with van der Waals surface area (Å²) in [5.74, 6) is 0.110. The van der Waals surface area contributed by atoms with Gasteiger partial charge in [0, 0.05) is 48.8 Å². The molecule has 0 aliphatic carbocycles. The normalized spacial score (nSPS) is 10.6. The van der Waals surface area contributed by atoms with E-state index in [4.69, 9.17) is 0 Å². The van der Waals surface area contributed by atoms with Gasteiger partial charge in [0.1, 0.15) is 5.01 Å². The van der Waals surface area contributed by atoms with Crippen molar-refractivity contribution in [2.45, 2.75) is 19.8 Å². The van der Waals surface area contributed by atoms with Crippen molar-refractivity contribution in [2.75, 3.05) is 13.6 Å². The Morgan fingerprint density at radius 2 is 1.96 bits per heavy atom. The van der Waals surface area contributed by atoms with Gasteiger partial charge in [-0.15, -0.1) is 11.3 Å². The number of amides is 1. The zero-order valence-electron chi connectivity index (χ0n) is 14.3. The SMILES string of the molecule is Cc1nc(-c2cccnc2)sc1CC(=O)N(C)CCc1ccncc1. The van der Waals surface area contributed by atoms with Crippen molar-refractivity contribution in [1.29, 1.82) is 0 Å². The summed E-state index contributed by atoms with van der Waals surface area (Å²) in [4.78, 5) is 28.0. The van der Waals surface area contributed by atoms with Gasteiger partial charge in [0.2, 0.25) is 5.91 Å². The molecule has 0 spiro atoms. The molecule has 128 valence electrons. The minimum atomic E-state index is 0.110. The first-order valence-corrected chi connectivity index (χ1v) is 8.94. The maximum absolute atomic E-state index is 12.5. The average Bonchev–Trinajstić information content (AvgIpc) is 3.02. The Morgan fingerprint density at radius 1 is 1.16 bits per heavy atom. The lowest BCUT2D eigenvalue weighted by molar-refractivity contribution is -0.129. The summed E-state index contributed by atoms with van der Waals surface area (Å²) in [5, 5.41) is 0.910. The molecule has 0 atom stereocenters. The van der Waals surface area contributed by atoms with E-state index >= 15 is 0 Å². The van der Waals surface area contributed by atoms with E-state index in [-0.39, 0.29) is 5.91 Å². The lowest BCUT2D eigenvalue weighted by Gasteiger charge is -2.16. The zero-order valence-corrected chi connectivity index (χ0v) is 15.2. The quantitative estimate of drug-likeness (QED) is 0.684. The Kier molecular flexibility index (Phi) is 5.50. The van der Waals surface area contributed by atoms with Gasteiger partial charge < -0.3 is 4.90 Å². The van der Waals surface area contributed by atoms with Crippen LogP contribution in [0.3, 0.4) is 0 Å². The summed E-state index contributed by atoms with van der Waals surface area (Å²) in [5.41, 5.74) is 3.09. The van der Waals surface area contributed by atoms with Crippen LogP contribution >= 0.6 is 11.3 Å². The second-order valence-corrected chi connectivity index (χ2v) is 6.95. The highest BCUT2D eigenvalue weighted by atomic mass is 32.1. The zero-order chi connectivity index (χ0) is 17.6. The number of carbonyl (C=O) groups is 1. The summed E-state index contributed by atoms with van der Waals surface area (Å²) >= 11 is 1.57. The molecule has 0 aliphatic rings. The lowest BCUT2D eigenvalue weighted by atomic mass is 10.2. The number of rotatable bonds is 6. The van der Waals surface area contributed by atoms with E-state index in [1.165, 1.54) is 5.56 Å². The van der Waals surface area contributed by atoms with E-state index in [2.05, 4.69) is 15.0 Å². The number of carbonyl (C=O) groups excluding carboxylic acids is 1. The predicted molar refractivity (Wildman–Crippen MR) is 99.4 cm³/mol. The van der Waals surface area contributed by atoms with Gasteiger partial charge in [0.05, 0.1) is 12.1 Å². The number of pyridine rings is 2. The van der Waals surface area contributed by atoms with E-state index in [1.54, 1.807) is 41.0 Å². The van der Waals surface area contributed by atoms with Gasteiger partial charge in [0.25, 0.3) is 0 Å². The van der Waals surface area contributed by atoms with Crippen LogP contribution in [0.1, 0.15) is 16.1 Å². The smallest absolute Gasteiger partial charge is 0.227 e. The van der Waals surface area contributed by atoms with Gasteiger partial charge in [0.15, 0.2) is 0 Å². The van der Waals surface area contributed by atoms with Gasteiger partial charge in [-0.3, -0.25) is 14.8 Å². The number of aryl methyl sites for hydroxylation is 1. The van der Waals surface area contributed by atoms with Crippen LogP contribution in [-0.4, -0.2) is 39.4 Å². The largest absolute Gasteiger partial charge is 0.345 e. The molecule has 3 heterocycles. The molecule has 25 heavy (non-hydrogen) atoms. The van der Waals surface area contributed by atoms with Crippen molar-refractivity contribution in [1.82, 2.24) is 19.9 Å². The summed E-state index contributed by atoms with van der Waals surface area (Å²) in [6.45, 7) is 2.64. The molecule has 0 N–H and O–H groups in total. The van der Waals surface area contributed by atoms with Crippen LogP contribution < -0.4 is 0 Å². The highest BCUT2D eigenvalue weighted by Gasteiger charge is 2.15. The van der Waals surface area contributed by atoms with Gasteiger partial charge >= 0.3 is 0 Å². The molecule has 0 unspecified atom stereocenters. The third-order valence-electron chi connectivity index (χ3n) is 4.02. The molecule has 1 amide bonds. The summed E-state index contributed by atoms with van der Waals surface area (Å²) < 4.78 is 0. The maximum atomic E-state index is 12.5. The molecule has 0 saturated heterocycles. The number of hydrogen-bond donors (Lipinski definition) is 0. The molecule has 0 radical (unpaired) electrons. The first-order chi connectivity index (χ1) is 12.1. The van der Waals surface area contributed by atoms with Crippen LogP contribution in [0.25, 0.3) is 10.6 Å². The number of aromatic nitrogens is 3. The van der Waals surface area contributed by atoms with Crippen molar-refractivity contribution in [3.63, 3.8) is 0 Å². The summed E-state index contributed by atoms with van der Waals surface area (Å²) in [6, 6.07) is 7.83. The van der Waals surface area contributed by atoms with Crippen LogP contribution in [-0.2, 0) is 17.6 Å². The van der Waals surface area contributed by atoms with Gasteiger partial charge in [-0.05, 0) is 43.2 Å². The van der Waals surface area contributed by atoms with Crippen molar-refractivity contribution in [3.05, 3.63) is 65.2 Å². The predicted octanol–water partition coefficient (Wildman–Crippen LogP) is 3.15. The van der Waals surface area contributed by atoms with Crippen LogP contribution in [0.15, 0.2) is 49.1 Å². The first-order valence-electron chi connectivity index (χ1n) is 8.13. The Bertz CT molecular complexity index is 833. The fraction of sp³-hybridized carbons (Fsp3) is 0.263. The average molecular weight is 352 g/mol. The van der Waals surface area contributed by atoms with E-state index in [9.17, 15) is 4.79 Å². The number of hydrogen-bond acceptors (Lipinski definition) is 5. The maximum Gasteiger partial charge on any atom is 0.227 e. The monoisotopic (exact) mass is 352 g/mol. The molecule has 3 aromatic heterocycles. The molecule has 0 aromatic carbocycles. The number of likely N-dealkylation sites (N-methyl/N-ethyl adjacent to an activating group) is 1. The second-order valence-electron chi connectivity index (χ2n) is 5.87.